The molecule has 1 spiro atoms. The van der Waals surface area contributed by atoms with E-state index in [4.69, 9.17) is 42.0 Å². The molecule has 0 aliphatic carbocycles. The highest BCUT2D eigenvalue weighted by Gasteiger charge is 2.56. The monoisotopic (exact) mass is 764 g/mol. The third-order valence-corrected chi connectivity index (χ3v) is 12.3. The summed E-state index contributed by atoms with van der Waals surface area (Å²) < 4.78 is 60.5. The number of ether oxygens (including phenoxy) is 6. The second-order valence-electron chi connectivity index (χ2n) is 14.6. The number of hydrogen-bond acceptors (Lipinski definition) is 9. The maximum absolute atomic E-state index is 6.98. The summed E-state index contributed by atoms with van der Waals surface area (Å²) >= 11 is 0. The lowest BCUT2D eigenvalue weighted by Gasteiger charge is -2.47. The predicted molar refractivity (Wildman–Crippen MR) is 207 cm³/mol. The average molecular weight is 765 g/mol. The highest BCUT2D eigenvalue weighted by Crippen LogP contribution is 2.67. The maximum Gasteiger partial charge on any atom is 0.463 e. The van der Waals surface area contributed by atoms with E-state index in [0.717, 1.165) is 44.9 Å². The average Bonchev–Trinajstić information content (AvgIpc) is 3.24. The Kier molecular flexibility index (Phi) is 8.35. The fourth-order valence-corrected chi connectivity index (χ4v) is 9.89. The number of hydrogen-bond donors (Lipinski definition) is 0. The topological polar surface area (TPSA) is 83.1 Å². The van der Waals surface area contributed by atoms with Crippen LogP contribution in [-0.2, 0) is 28.9 Å². The molecular weight excluding hydrogens is 727 g/mol. The third kappa shape index (κ3) is 5.45. The zero-order valence-electron chi connectivity index (χ0n) is 30.4. The lowest BCUT2D eigenvalue weighted by molar-refractivity contribution is -0.321. The fraction of sp³-hybridized carbons (Fsp3) is 0.217. The molecule has 6 aromatic carbocycles. The van der Waals surface area contributed by atoms with Crippen molar-refractivity contribution in [2.75, 3.05) is 13.2 Å². The smallest absolute Gasteiger partial charge is 0.457 e. The van der Waals surface area contributed by atoms with Crippen LogP contribution in [0.2, 0.25) is 0 Å². The second-order valence-corrected chi connectivity index (χ2v) is 15.6. The van der Waals surface area contributed by atoms with Crippen molar-refractivity contribution in [1.29, 1.82) is 0 Å². The zero-order valence-corrected chi connectivity index (χ0v) is 31.3. The van der Waals surface area contributed by atoms with Crippen molar-refractivity contribution in [2.24, 2.45) is 5.92 Å². The molecule has 0 saturated carbocycles. The van der Waals surface area contributed by atoms with Crippen LogP contribution in [0.25, 0.3) is 0 Å². The molecular formula is C46H37O9P. The lowest BCUT2D eigenvalue weighted by Crippen LogP contribution is -2.54. The van der Waals surface area contributed by atoms with Crippen LogP contribution >= 0.6 is 8.60 Å². The number of fused-ring (bicyclic) bond motifs is 2. The molecule has 5 aliphatic heterocycles. The highest BCUT2D eigenvalue weighted by molar-refractivity contribution is 7.42. The molecule has 2 unspecified atom stereocenters. The van der Waals surface area contributed by atoms with Crippen LogP contribution < -0.4 is 18.5 Å². The maximum atomic E-state index is 6.98. The molecule has 56 heavy (non-hydrogen) atoms. The summed E-state index contributed by atoms with van der Waals surface area (Å²) in [5.41, 5.74) is 4.58. The number of benzene rings is 6. The summed E-state index contributed by atoms with van der Waals surface area (Å²) in [6.45, 7) is 2.79. The second kappa shape index (κ2) is 13.7. The summed E-state index contributed by atoms with van der Waals surface area (Å²) in [5.74, 6) is 4.00. The Morgan fingerprint density at radius 1 is 0.500 bits per heavy atom. The van der Waals surface area contributed by atoms with E-state index < -0.39 is 44.9 Å². The van der Waals surface area contributed by atoms with E-state index in [9.17, 15) is 0 Å². The zero-order chi connectivity index (χ0) is 37.2. The molecule has 2 fully saturated rings. The van der Waals surface area contributed by atoms with Crippen molar-refractivity contribution < 1.29 is 42.0 Å². The Morgan fingerprint density at radius 3 is 1.54 bits per heavy atom. The SMILES string of the molecule is C[C@@H]1COC(c2ccccc2)O[C@H]1[C@@H]1OC(c2ccccc2)OC[C@H]1OP1Oc2cccc3c2C2(c4ccccc4O3)c3ccccc3Oc3cccc(c32)O1. The van der Waals surface area contributed by atoms with Crippen LogP contribution in [0.4, 0.5) is 0 Å². The molecule has 6 aromatic rings. The van der Waals surface area contributed by atoms with Crippen LogP contribution in [0.1, 0.15) is 52.9 Å². The fourth-order valence-electron chi connectivity index (χ4n) is 8.74. The Bertz CT molecular complexity index is 2300. The molecule has 0 aromatic heterocycles. The summed E-state index contributed by atoms with van der Waals surface area (Å²) in [5, 5.41) is 0. The molecule has 0 amide bonds. The van der Waals surface area contributed by atoms with Crippen LogP contribution in [0.5, 0.6) is 34.5 Å². The molecule has 0 radical (unpaired) electrons. The summed E-state index contributed by atoms with van der Waals surface area (Å²) in [7, 11) is -2.12. The van der Waals surface area contributed by atoms with Crippen LogP contribution in [0.15, 0.2) is 146 Å². The molecule has 0 N–H and O–H groups in total. The number of para-hydroxylation sites is 2. The largest absolute Gasteiger partial charge is 0.463 e. The van der Waals surface area contributed by atoms with Gasteiger partial charge < -0.3 is 37.5 Å². The van der Waals surface area contributed by atoms with E-state index in [2.05, 4.69) is 19.1 Å². The van der Waals surface area contributed by atoms with Gasteiger partial charge in [0.15, 0.2) is 12.6 Å². The van der Waals surface area contributed by atoms with Crippen molar-refractivity contribution in [3.05, 3.63) is 179 Å². The van der Waals surface area contributed by atoms with Crippen LogP contribution in [0.3, 0.4) is 0 Å². The molecule has 6 atom stereocenters. The van der Waals surface area contributed by atoms with Gasteiger partial charge in [0.05, 0.1) is 35.9 Å². The molecule has 2 saturated heterocycles. The molecule has 11 rings (SSSR count). The van der Waals surface area contributed by atoms with E-state index >= 15 is 0 Å². The van der Waals surface area contributed by atoms with Gasteiger partial charge in [-0.3, -0.25) is 4.52 Å². The molecule has 9 nitrogen and oxygen atoms in total. The number of rotatable bonds is 5. The molecule has 5 aliphatic rings. The molecule has 5 heterocycles. The first-order chi connectivity index (χ1) is 27.6. The quantitative estimate of drug-likeness (QED) is 0.159. The Hall–Kier alpha value is -5.25. The predicted octanol–water partition coefficient (Wildman–Crippen LogP) is 10.5. The molecule has 280 valence electrons. The minimum atomic E-state index is -2.12. The first kappa shape index (κ1) is 34.0. The first-order valence-corrected chi connectivity index (χ1v) is 20.0. The van der Waals surface area contributed by atoms with Gasteiger partial charge in [-0.15, -0.1) is 0 Å². The van der Waals surface area contributed by atoms with Gasteiger partial charge in [0.1, 0.15) is 46.7 Å². The van der Waals surface area contributed by atoms with Gasteiger partial charge >= 0.3 is 8.60 Å². The van der Waals surface area contributed by atoms with Crippen LogP contribution in [0, 0.1) is 5.92 Å². The van der Waals surface area contributed by atoms with Crippen molar-refractivity contribution in [1.82, 2.24) is 0 Å². The van der Waals surface area contributed by atoms with Gasteiger partial charge in [-0.25, -0.2) is 0 Å². The summed E-state index contributed by atoms with van der Waals surface area (Å²) in [6.07, 6.45) is -2.81. The van der Waals surface area contributed by atoms with Gasteiger partial charge in [0, 0.05) is 28.2 Å². The highest BCUT2D eigenvalue weighted by atomic mass is 31.2. The lowest BCUT2D eigenvalue weighted by atomic mass is 9.62. The van der Waals surface area contributed by atoms with Gasteiger partial charge in [-0.05, 0) is 36.4 Å². The molecule has 0 bridgehead atoms. The van der Waals surface area contributed by atoms with E-state index in [0.29, 0.717) is 29.6 Å². The van der Waals surface area contributed by atoms with Crippen molar-refractivity contribution in [3.8, 4) is 34.5 Å². The van der Waals surface area contributed by atoms with Gasteiger partial charge in [0.2, 0.25) is 0 Å². The van der Waals surface area contributed by atoms with Crippen molar-refractivity contribution in [3.63, 3.8) is 0 Å². The standard InChI is InChI=1S/C46H37O9P/c1-28-26-47-44(29-14-4-2-5-15-29)51-42(28)43-39(27-48-45(52-43)30-16-6-3-7-17-30)55-56-53-37-24-12-22-35-40(37)46(31-18-8-10-20-33(31)49-35)32-19-9-11-21-34(32)50-36-23-13-25-38(54-56)41(36)46/h2-25,28,39,42-45H,26-27H2,1H3/t28-,39-,42-,43-,44?,45?,46?/m1/s1. The summed E-state index contributed by atoms with van der Waals surface area (Å²) in [6, 6.07) is 47.9. The third-order valence-electron chi connectivity index (χ3n) is 11.2. The minimum absolute atomic E-state index is 0.0233. The van der Waals surface area contributed by atoms with Gasteiger partial charge in [-0.1, -0.05) is 116 Å². The summed E-state index contributed by atoms with van der Waals surface area (Å²) in [4.78, 5) is 0. The first-order valence-electron chi connectivity index (χ1n) is 18.9. The Morgan fingerprint density at radius 2 is 0.964 bits per heavy atom. The van der Waals surface area contributed by atoms with Crippen LogP contribution in [-0.4, -0.2) is 31.5 Å². The Labute approximate surface area is 325 Å². The normalized spacial score (nSPS) is 25.5. The van der Waals surface area contributed by atoms with Gasteiger partial charge in [-0.2, -0.15) is 0 Å². The van der Waals surface area contributed by atoms with Crippen molar-refractivity contribution in [2.45, 2.75) is 43.2 Å². The Balaban J connectivity index is 1.01. The van der Waals surface area contributed by atoms with E-state index in [1.54, 1.807) is 0 Å². The van der Waals surface area contributed by atoms with E-state index in [1.165, 1.54) is 0 Å². The minimum Gasteiger partial charge on any atom is -0.457 e. The molecule has 10 heteroatoms. The van der Waals surface area contributed by atoms with E-state index in [-0.39, 0.29) is 12.5 Å². The van der Waals surface area contributed by atoms with Gasteiger partial charge in [0.25, 0.3) is 0 Å². The van der Waals surface area contributed by atoms with Crippen molar-refractivity contribution >= 4 is 8.60 Å². The van der Waals surface area contributed by atoms with E-state index in [1.807, 2.05) is 133 Å².